The van der Waals surface area contributed by atoms with Crippen molar-refractivity contribution in [2.75, 3.05) is 13.1 Å². The standard InChI is InChI=1S/C20H24N2O2/c21-20(23)19(17-9-5-2-6-10-17)22-13-11-18(12-14-22)24-15-16-7-3-1-4-8-16/h1-10,18-19H,11-15H2,(H2,21,23)/t19-/m1/s1. The fourth-order valence-electron chi connectivity index (χ4n) is 3.28. The van der Waals surface area contributed by atoms with E-state index in [1.165, 1.54) is 5.56 Å². The molecule has 3 rings (SSSR count). The average molecular weight is 324 g/mol. The van der Waals surface area contributed by atoms with E-state index in [4.69, 9.17) is 10.5 Å². The van der Waals surface area contributed by atoms with E-state index in [-0.39, 0.29) is 18.1 Å². The molecule has 2 N–H and O–H groups in total. The predicted octanol–water partition coefficient (Wildman–Crippen LogP) is 2.89. The van der Waals surface area contributed by atoms with E-state index in [9.17, 15) is 4.79 Å². The molecule has 1 aliphatic rings. The lowest BCUT2D eigenvalue weighted by Crippen LogP contribution is -2.44. The summed E-state index contributed by atoms with van der Waals surface area (Å²) < 4.78 is 6.02. The summed E-state index contributed by atoms with van der Waals surface area (Å²) in [5, 5.41) is 0. The van der Waals surface area contributed by atoms with Crippen molar-refractivity contribution in [2.24, 2.45) is 5.73 Å². The highest BCUT2D eigenvalue weighted by Gasteiger charge is 2.29. The van der Waals surface area contributed by atoms with Crippen LogP contribution in [0.4, 0.5) is 0 Å². The van der Waals surface area contributed by atoms with Crippen LogP contribution in [-0.2, 0) is 16.1 Å². The first kappa shape index (κ1) is 16.7. The van der Waals surface area contributed by atoms with Gasteiger partial charge in [0.15, 0.2) is 0 Å². The average Bonchev–Trinajstić information content (AvgIpc) is 2.63. The molecule has 4 nitrogen and oxygen atoms in total. The second-order valence-corrected chi connectivity index (χ2v) is 6.25. The topological polar surface area (TPSA) is 55.6 Å². The molecular weight excluding hydrogens is 300 g/mol. The molecule has 0 radical (unpaired) electrons. The Morgan fingerprint density at radius 3 is 2.21 bits per heavy atom. The van der Waals surface area contributed by atoms with E-state index in [1.807, 2.05) is 48.5 Å². The lowest BCUT2D eigenvalue weighted by atomic mass is 10.00. The van der Waals surface area contributed by atoms with Crippen LogP contribution >= 0.6 is 0 Å². The van der Waals surface area contributed by atoms with Crippen molar-refractivity contribution in [1.82, 2.24) is 4.90 Å². The fourth-order valence-corrected chi connectivity index (χ4v) is 3.28. The summed E-state index contributed by atoms with van der Waals surface area (Å²) in [4.78, 5) is 14.1. The Morgan fingerprint density at radius 2 is 1.62 bits per heavy atom. The molecule has 1 aliphatic heterocycles. The van der Waals surface area contributed by atoms with Gasteiger partial charge in [-0.1, -0.05) is 60.7 Å². The number of likely N-dealkylation sites (tertiary alicyclic amines) is 1. The van der Waals surface area contributed by atoms with Gasteiger partial charge in [0, 0.05) is 13.1 Å². The molecule has 24 heavy (non-hydrogen) atoms. The summed E-state index contributed by atoms with van der Waals surface area (Å²) in [6, 6.07) is 19.6. The normalized spacial score (nSPS) is 17.5. The first-order chi connectivity index (χ1) is 11.7. The molecule has 1 fully saturated rings. The maximum atomic E-state index is 11.9. The number of ether oxygens (including phenoxy) is 1. The molecule has 2 aromatic carbocycles. The highest BCUT2D eigenvalue weighted by atomic mass is 16.5. The molecule has 0 spiro atoms. The van der Waals surface area contributed by atoms with Crippen LogP contribution in [0.15, 0.2) is 60.7 Å². The van der Waals surface area contributed by atoms with Crippen LogP contribution in [0.5, 0.6) is 0 Å². The zero-order valence-corrected chi connectivity index (χ0v) is 13.8. The summed E-state index contributed by atoms with van der Waals surface area (Å²) >= 11 is 0. The number of carbonyl (C=O) groups is 1. The molecule has 1 heterocycles. The van der Waals surface area contributed by atoms with Gasteiger partial charge in [0.1, 0.15) is 6.04 Å². The third-order valence-electron chi connectivity index (χ3n) is 4.56. The van der Waals surface area contributed by atoms with Crippen LogP contribution in [0.1, 0.15) is 30.0 Å². The van der Waals surface area contributed by atoms with Gasteiger partial charge in [0.25, 0.3) is 0 Å². The number of primary amides is 1. The van der Waals surface area contributed by atoms with Gasteiger partial charge in [-0.2, -0.15) is 0 Å². The molecule has 2 aromatic rings. The van der Waals surface area contributed by atoms with Crippen LogP contribution < -0.4 is 5.73 Å². The molecule has 1 atom stereocenters. The Morgan fingerprint density at radius 1 is 1.04 bits per heavy atom. The number of benzene rings is 2. The van der Waals surface area contributed by atoms with Gasteiger partial charge < -0.3 is 10.5 Å². The van der Waals surface area contributed by atoms with Gasteiger partial charge in [0.05, 0.1) is 12.7 Å². The Hall–Kier alpha value is -2.17. The van der Waals surface area contributed by atoms with Crippen molar-refractivity contribution in [3.8, 4) is 0 Å². The highest BCUT2D eigenvalue weighted by Crippen LogP contribution is 2.25. The molecule has 126 valence electrons. The maximum Gasteiger partial charge on any atom is 0.239 e. The van der Waals surface area contributed by atoms with Gasteiger partial charge >= 0.3 is 0 Å². The second-order valence-electron chi connectivity index (χ2n) is 6.25. The SMILES string of the molecule is NC(=O)[C@@H](c1ccccc1)N1CCC(OCc2ccccc2)CC1. The molecule has 0 bridgehead atoms. The fraction of sp³-hybridized carbons (Fsp3) is 0.350. The van der Waals surface area contributed by atoms with Gasteiger partial charge in [-0.25, -0.2) is 0 Å². The first-order valence-corrected chi connectivity index (χ1v) is 8.48. The van der Waals surface area contributed by atoms with Crippen molar-refractivity contribution in [1.29, 1.82) is 0 Å². The maximum absolute atomic E-state index is 11.9. The minimum Gasteiger partial charge on any atom is -0.373 e. The zero-order valence-electron chi connectivity index (χ0n) is 13.8. The first-order valence-electron chi connectivity index (χ1n) is 8.48. The molecule has 0 aromatic heterocycles. The minimum atomic E-state index is -0.346. The Balaban J connectivity index is 1.54. The Labute approximate surface area is 143 Å². The quantitative estimate of drug-likeness (QED) is 0.889. The van der Waals surface area contributed by atoms with Crippen LogP contribution in [0.3, 0.4) is 0 Å². The molecule has 4 heteroatoms. The van der Waals surface area contributed by atoms with Crippen molar-refractivity contribution in [2.45, 2.75) is 31.6 Å². The van der Waals surface area contributed by atoms with Crippen LogP contribution in [-0.4, -0.2) is 30.0 Å². The molecule has 0 aliphatic carbocycles. The second kappa shape index (κ2) is 8.08. The molecule has 1 saturated heterocycles. The molecule has 0 saturated carbocycles. The number of amides is 1. The van der Waals surface area contributed by atoms with Crippen LogP contribution in [0.2, 0.25) is 0 Å². The van der Waals surface area contributed by atoms with E-state index in [0.717, 1.165) is 31.5 Å². The summed E-state index contributed by atoms with van der Waals surface area (Å²) in [5.41, 5.74) is 7.82. The highest BCUT2D eigenvalue weighted by molar-refractivity contribution is 5.81. The Bertz CT molecular complexity index is 637. The number of nitrogens with zero attached hydrogens (tertiary/aromatic N) is 1. The largest absolute Gasteiger partial charge is 0.373 e. The van der Waals surface area contributed by atoms with Crippen molar-refractivity contribution >= 4 is 5.91 Å². The van der Waals surface area contributed by atoms with Crippen molar-refractivity contribution in [3.63, 3.8) is 0 Å². The van der Waals surface area contributed by atoms with Gasteiger partial charge in [0.2, 0.25) is 5.91 Å². The third kappa shape index (κ3) is 4.22. The molecular formula is C20H24N2O2. The number of carbonyl (C=O) groups excluding carboxylic acids is 1. The van der Waals surface area contributed by atoms with E-state index >= 15 is 0 Å². The monoisotopic (exact) mass is 324 g/mol. The number of hydrogen-bond donors (Lipinski definition) is 1. The van der Waals surface area contributed by atoms with E-state index in [1.54, 1.807) is 0 Å². The summed E-state index contributed by atoms with van der Waals surface area (Å²) in [6.45, 7) is 2.29. The lowest BCUT2D eigenvalue weighted by Gasteiger charge is -2.36. The van der Waals surface area contributed by atoms with E-state index < -0.39 is 0 Å². The number of nitrogens with two attached hydrogens (primary N) is 1. The Kier molecular flexibility index (Phi) is 5.62. The minimum absolute atomic E-state index is 0.241. The van der Waals surface area contributed by atoms with E-state index in [0.29, 0.717) is 6.61 Å². The smallest absolute Gasteiger partial charge is 0.239 e. The van der Waals surface area contributed by atoms with Crippen molar-refractivity contribution < 1.29 is 9.53 Å². The number of rotatable bonds is 6. The molecule has 1 amide bonds. The predicted molar refractivity (Wildman–Crippen MR) is 94.2 cm³/mol. The van der Waals surface area contributed by atoms with Gasteiger partial charge in [-0.15, -0.1) is 0 Å². The van der Waals surface area contributed by atoms with Crippen LogP contribution in [0, 0.1) is 0 Å². The molecule has 0 unspecified atom stereocenters. The summed E-state index contributed by atoms with van der Waals surface area (Å²) in [6.07, 6.45) is 2.08. The van der Waals surface area contributed by atoms with Gasteiger partial charge in [-0.05, 0) is 24.0 Å². The van der Waals surface area contributed by atoms with E-state index in [2.05, 4.69) is 17.0 Å². The van der Waals surface area contributed by atoms with Crippen molar-refractivity contribution in [3.05, 3.63) is 71.8 Å². The summed E-state index contributed by atoms with van der Waals surface area (Å²) in [5.74, 6) is -0.287. The third-order valence-corrected chi connectivity index (χ3v) is 4.56. The number of hydrogen-bond acceptors (Lipinski definition) is 3. The lowest BCUT2D eigenvalue weighted by molar-refractivity contribution is -0.124. The van der Waals surface area contributed by atoms with Crippen LogP contribution in [0.25, 0.3) is 0 Å². The zero-order chi connectivity index (χ0) is 16.8. The summed E-state index contributed by atoms with van der Waals surface area (Å²) in [7, 11) is 0. The number of piperidine rings is 1. The van der Waals surface area contributed by atoms with Gasteiger partial charge in [-0.3, -0.25) is 9.69 Å².